The molecule has 1 amide bonds. The lowest BCUT2D eigenvalue weighted by atomic mass is 10.0. The second-order valence-electron chi connectivity index (χ2n) is 7.26. The quantitative estimate of drug-likeness (QED) is 0.515. The van der Waals surface area contributed by atoms with E-state index >= 15 is 0 Å². The van der Waals surface area contributed by atoms with Crippen LogP contribution in [0.1, 0.15) is 29.0 Å². The molecule has 1 fully saturated rings. The summed E-state index contributed by atoms with van der Waals surface area (Å²) in [5.74, 6) is 0. The summed E-state index contributed by atoms with van der Waals surface area (Å²) in [6.07, 6.45) is -1.27. The van der Waals surface area contributed by atoms with E-state index in [0.717, 1.165) is 27.7 Å². The van der Waals surface area contributed by atoms with Gasteiger partial charge in [-0.05, 0) is 30.2 Å². The average Bonchev–Trinajstić information content (AvgIpc) is 3.31. The first-order valence-corrected chi connectivity index (χ1v) is 9.58. The van der Waals surface area contributed by atoms with Crippen molar-refractivity contribution in [2.45, 2.75) is 25.7 Å². The maximum absolute atomic E-state index is 12.9. The molecule has 1 saturated heterocycles. The largest absolute Gasteiger partial charge is 0.437 e. The highest BCUT2D eigenvalue weighted by Gasteiger charge is 2.45. The van der Waals surface area contributed by atoms with Crippen LogP contribution in [0.25, 0.3) is 11.0 Å². The van der Waals surface area contributed by atoms with Gasteiger partial charge in [0.25, 0.3) is 0 Å². The van der Waals surface area contributed by atoms with E-state index < -0.39 is 12.3 Å². The molecular weight excluding hydrogens is 364 g/mol. The molecule has 5 rings (SSSR count). The molecule has 0 bridgehead atoms. The minimum absolute atomic E-state index is 0.357. The van der Waals surface area contributed by atoms with Crippen LogP contribution in [0.2, 0.25) is 0 Å². The number of aryl methyl sites for hydroxylation is 1. The number of hydrogen-bond acceptors (Lipinski definition) is 4. The number of rotatable bonds is 4. The van der Waals surface area contributed by atoms with Crippen molar-refractivity contribution in [3.63, 3.8) is 0 Å². The van der Waals surface area contributed by atoms with E-state index in [2.05, 4.69) is 10.3 Å². The zero-order chi connectivity index (χ0) is 19.8. The number of carbonyl (C=O) groups excluding carboxylic acids is 1. The number of hydrogen-bond donors (Lipinski definition) is 0. The highest BCUT2D eigenvalue weighted by atomic mass is 16.6. The van der Waals surface area contributed by atoms with Gasteiger partial charge in [0, 0.05) is 0 Å². The molecule has 6 nitrogen and oxygen atoms in total. The van der Waals surface area contributed by atoms with Crippen LogP contribution >= 0.6 is 0 Å². The molecule has 2 atom stereocenters. The van der Waals surface area contributed by atoms with Crippen LogP contribution in [0.4, 0.5) is 4.79 Å². The molecule has 0 spiro atoms. The van der Waals surface area contributed by atoms with Crippen molar-refractivity contribution in [3.8, 4) is 0 Å². The van der Waals surface area contributed by atoms with Gasteiger partial charge in [0.05, 0.1) is 12.1 Å². The molecule has 0 N–H and O–H groups in total. The number of carbonyl (C=O) groups is 1. The molecule has 3 aromatic carbocycles. The molecule has 144 valence electrons. The zero-order valence-electron chi connectivity index (χ0n) is 16.0. The van der Waals surface area contributed by atoms with Crippen LogP contribution in [-0.4, -0.2) is 26.0 Å². The second-order valence-corrected chi connectivity index (χ2v) is 7.26. The Morgan fingerprint density at radius 1 is 0.931 bits per heavy atom. The standard InChI is InChI=1S/C23H20N4O2/c1-16-11-13-18(14-12-16)21-22(27-20-10-6-5-9-19(20)24-25-27)26(23(28)29-21)15-17-7-3-2-4-8-17/h2-14,21-22H,15H2,1H3/t21-,22-/m1/s1. The minimum atomic E-state index is -0.475. The Morgan fingerprint density at radius 2 is 1.66 bits per heavy atom. The highest BCUT2D eigenvalue weighted by Crippen LogP contribution is 2.41. The molecule has 4 aromatic rings. The van der Waals surface area contributed by atoms with Crippen molar-refractivity contribution >= 4 is 17.1 Å². The van der Waals surface area contributed by atoms with Crippen LogP contribution in [0.5, 0.6) is 0 Å². The van der Waals surface area contributed by atoms with E-state index in [0.29, 0.717) is 6.54 Å². The zero-order valence-corrected chi connectivity index (χ0v) is 16.0. The predicted molar refractivity (Wildman–Crippen MR) is 109 cm³/mol. The molecule has 29 heavy (non-hydrogen) atoms. The predicted octanol–water partition coefficient (Wildman–Crippen LogP) is 4.63. The van der Waals surface area contributed by atoms with E-state index in [4.69, 9.17) is 4.74 Å². The lowest BCUT2D eigenvalue weighted by Gasteiger charge is -2.25. The van der Waals surface area contributed by atoms with Gasteiger partial charge >= 0.3 is 6.09 Å². The molecule has 2 heterocycles. The number of para-hydroxylation sites is 1. The molecular formula is C23H20N4O2. The summed E-state index contributed by atoms with van der Waals surface area (Å²) >= 11 is 0. The minimum Gasteiger partial charge on any atom is -0.437 e. The Hall–Kier alpha value is -3.67. The van der Waals surface area contributed by atoms with Crippen molar-refractivity contribution in [1.29, 1.82) is 0 Å². The maximum Gasteiger partial charge on any atom is 0.412 e. The van der Waals surface area contributed by atoms with Crippen molar-refractivity contribution in [1.82, 2.24) is 19.9 Å². The highest BCUT2D eigenvalue weighted by molar-refractivity contribution is 5.75. The van der Waals surface area contributed by atoms with Crippen LogP contribution in [0.3, 0.4) is 0 Å². The monoisotopic (exact) mass is 384 g/mol. The van der Waals surface area contributed by atoms with Gasteiger partial charge in [-0.1, -0.05) is 77.5 Å². The second kappa shape index (κ2) is 7.05. The van der Waals surface area contributed by atoms with E-state index in [-0.39, 0.29) is 6.09 Å². The first-order chi connectivity index (χ1) is 14.2. The third-order valence-corrected chi connectivity index (χ3v) is 5.28. The third kappa shape index (κ3) is 3.12. The molecule has 1 aliphatic heterocycles. The Labute approximate surface area is 168 Å². The Balaban J connectivity index is 1.61. The summed E-state index contributed by atoms with van der Waals surface area (Å²) in [5, 5.41) is 8.68. The first kappa shape index (κ1) is 17.4. The fraction of sp³-hybridized carbons (Fsp3) is 0.174. The summed E-state index contributed by atoms with van der Waals surface area (Å²) < 4.78 is 7.66. The first-order valence-electron chi connectivity index (χ1n) is 9.58. The van der Waals surface area contributed by atoms with Crippen LogP contribution < -0.4 is 0 Å². The van der Waals surface area contributed by atoms with E-state index in [1.807, 2.05) is 85.8 Å². The van der Waals surface area contributed by atoms with Gasteiger partial charge in [0.1, 0.15) is 5.52 Å². The van der Waals surface area contributed by atoms with Gasteiger partial charge in [0.15, 0.2) is 12.3 Å². The fourth-order valence-electron chi connectivity index (χ4n) is 3.79. The van der Waals surface area contributed by atoms with E-state index in [9.17, 15) is 4.79 Å². The van der Waals surface area contributed by atoms with Crippen LogP contribution in [0, 0.1) is 6.92 Å². The number of ether oxygens (including phenoxy) is 1. The molecule has 1 aromatic heterocycles. The smallest absolute Gasteiger partial charge is 0.412 e. The Morgan fingerprint density at radius 3 is 2.45 bits per heavy atom. The Kier molecular flexibility index (Phi) is 4.24. The van der Waals surface area contributed by atoms with Crippen molar-refractivity contribution in [2.24, 2.45) is 0 Å². The summed E-state index contributed by atoms with van der Waals surface area (Å²) in [5.41, 5.74) is 4.77. The number of benzene rings is 3. The van der Waals surface area contributed by atoms with Gasteiger partial charge < -0.3 is 4.74 Å². The molecule has 0 saturated carbocycles. The average molecular weight is 384 g/mol. The number of fused-ring (bicyclic) bond motifs is 1. The van der Waals surface area contributed by atoms with Gasteiger partial charge in [-0.2, -0.15) is 0 Å². The number of amides is 1. The molecule has 0 aliphatic carbocycles. The van der Waals surface area contributed by atoms with Crippen LogP contribution in [0.15, 0.2) is 78.9 Å². The van der Waals surface area contributed by atoms with Gasteiger partial charge in [0.2, 0.25) is 0 Å². The van der Waals surface area contributed by atoms with E-state index in [1.165, 1.54) is 0 Å². The molecule has 6 heteroatoms. The van der Waals surface area contributed by atoms with Crippen molar-refractivity contribution in [2.75, 3.05) is 0 Å². The topological polar surface area (TPSA) is 60.2 Å². The number of nitrogens with zero attached hydrogens (tertiary/aromatic N) is 4. The van der Waals surface area contributed by atoms with Crippen molar-refractivity contribution < 1.29 is 9.53 Å². The normalized spacial score (nSPS) is 18.9. The Bertz CT molecular complexity index is 1150. The maximum atomic E-state index is 12.9. The number of cyclic esters (lactones) is 1. The fourth-order valence-corrected chi connectivity index (χ4v) is 3.79. The van der Waals surface area contributed by atoms with E-state index in [1.54, 1.807) is 9.58 Å². The van der Waals surface area contributed by atoms with Gasteiger partial charge in [-0.15, -0.1) is 5.10 Å². The van der Waals surface area contributed by atoms with Gasteiger partial charge in [-0.3, -0.25) is 4.90 Å². The third-order valence-electron chi connectivity index (χ3n) is 5.28. The molecule has 1 aliphatic rings. The van der Waals surface area contributed by atoms with Crippen LogP contribution in [-0.2, 0) is 11.3 Å². The number of aromatic nitrogens is 3. The summed E-state index contributed by atoms with van der Waals surface area (Å²) in [4.78, 5) is 14.6. The van der Waals surface area contributed by atoms with Gasteiger partial charge in [-0.25, -0.2) is 9.48 Å². The summed E-state index contributed by atoms with van der Waals surface area (Å²) in [6.45, 7) is 2.47. The molecule has 0 radical (unpaired) electrons. The molecule has 0 unspecified atom stereocenters. The summed E-state index contributed by atoms with van der Waals surface area (Å²) in [6, 6.07) is 25.7. The van der Waals surface area contributed by atoms with Crippen molar-refractivity contribution in [3.05, 3.63) is 95.6 Å². The SMILES string of the molecule is Cc1ccc([C@H]2OC(=O)N(Cc3ccccc3)[C@@H]2n2nnc3ccccc32)cc1. The lowest BCUT2D eigenvalue weighted by molar-refractivity contribution is 0.119. The summed E-state index contributed by atoms with van der Waals surface area (Å²) in [7, 11) is 0. The lowest BCUT2D eigenvalue weighted by Crippen LogP contribution is -2.32.